The Hall–Kier alpha value is -1.83. The Bertz CT molecular complexity index is 346. The zero-order valence-electron chi connectivity index (χ0n) is 13.2. The number of nitrogens with one attached hydrogen (secondary N) is 1. The maximum Gasteiger partial charge on any atom is 0.407 e. The van der Waals surface area contributed by atoms with Crippen molar-refractivity contribution < 1.29 is 28.6 Å². The van der Waals surface area contributed by atoms with E-state index in [9.17, 15) is 14.4 Å². The van der Waals surface area contributed by atoms with E-state index in [0.29, 0.717) is 0 Å². The van der Waals surface area contributed by atoms with Gasteiger partial charge in [-0.3, -0.25) is 14.5 Å². The number of alkyl carbamates (subject to hydrolysis) is 1. The number of hydrogen-bond acceptors (Lipinski definition) is 7. The molecule has 0 aromatic heterocycles. The SMILES string of the molecule is COC(=O)CN(CCNC(=O)OC(C)(C)C)CC(=O)OC. The lowest BCUT2D eigenvalue weighted by atomic mass is 10.2. The number of carbonyl (C=O) groups is 3. The summed E-state index contributed by atoms with van der Waals surface area (Å²) in [6, 6.07) is 0. The van der Waals surface area contributed by atoms with Crippen LogP contribution in [0.3, 0.4) is 0 Å². The van der Waals surface area contributed by atoms with Crippen molar-refractivity contribution in [3.63, 3.8) is 0 Å². The molecule has 0 fully saturated rings. The first kappa shape index (κ1) is 19.2. The monoisotopic (exact) mass is 304 g/mol. The normalized spacial score (nSPS) is 11.0. The molecule has 8 nitrogen and oxygen atoms in total. The molecule has 0 aromatic rings. The molecule has 0 heterocycles. The first-order chi connectivity index (χ1) is 9.67. The standard InChI is InChI=1S/C13H24N2O6/c1-13(2,3)21-12(18)14-6-7-15(8-10(16)19-4)9-11(17)20-5/h6-9H2,1-5H3,(H,14,18). The number of methoxy groups -OCH3 is 2. The summed E-state index contributed by atoms with van der Waals surface area (Å²) in [4.78, 5) is 35.5. The molecule has 21 heavy (non-hydrogen) atoms. The van der Waals surface area contributed by atoms with Gasteiger partial charge in [0, 0.05) is 13.1 Å². The summed E-state index contributed by atoms with van der Waals surface area (Å²) in [5.74, 6) is -0.952. The number of hydrogen-bond donors (Lipinski definition) is 1. The molecule has 0 aliphatic carbocycles. The Morgan fingerprint density at radius 1 is 1.00 bits per heavy atom. The van der Waals surface area contributed by atoms with E-state index in [0.717, 1.165) is 0 Å². The van der Waals surface area contributed by atoms with Gasteiger partial charge in [-0.1, -0.05) is 0 Å². The van der Waals surface area contributed by atoms with Gasteiger partial charge in [0.1, 0.15) is 5.60 Å². The summed E-state index contributed by atoms with van der Waals surface area (Å²) < 4.78 is 14.2. The van der Waals surface area contributed by atoms with Crippen LogP contribution in [0.4, 0.5) is 4.79 Å². The van der Waals surface area contributed by atoms with Crippen molar-refractivity contribution >= 4 is 18.0 Å². The van der Waals surface area contributed by atoms with E-state index in [1.165, 1.54) is 19.1 Å². The van der Waals surface area contributed by atoms with Crippen molar-refractivity contribution in [3.05, 3.63) is 0 Å². The van der Waals surface area contributed by atoms with Crippen LogP contribution in [0.2, 0.25) is 0 Å². The van der Waals surface area contributed by atoms with Gasteiger partial charge in [-0.05, 0) is 20.8 Å². The Morgan fingerprint density at radius 3 is 1.86 bits per heavy atom. The van der Waals surface area contributed by atoms with E-state index in [-0.39, 0.29) is 26.2 Å². The van der Waals surface area contributed by atoms with Crippen LogP contribution < -0.4 is 5.32 Å². The Labute approximate surface area is 124 Å². The van der Waals surface area contributed by atoms with E-state index in [1.54, 1.807) is 20.8 Å². The van der Waals surface area contributed by atoms with E-state index < -0.39 is 23.6 Å². The van der Waals surface area contributed by atoms with Gasteiger partial charge < -0.3 is 19.5 Å². The van der Waals surface area contributed by atoms with Crippen LogP contribution in [0.15, 0.2) is 0 Å². The van der Waals surface area contributed by atoms with Gasteiger partial charge in [-0.2, -0.15) is 0 Å². The average molecular weight is 304 g/mol. The third-order valence-corrected chi connectivity index (χ3v) is 2.26. The number of ether oxygens (including phenoxy) is 3. The predicted molar refractivity (Wildman–Crippen MR) is 74.7 cm³/mol. The number of amides is 1. The van der Waals surface area contributed by atoms with Crippen molar-refractivity contribution in [1.29, 1.82) is 0 Å². The molecule has 0 radical (unpaired) electrons. The molecule has 0 saturated heterocycles. The summed E-state index contributed by atoms with van der Waals surface area (Å²) in [5, 5.41) is 2.55. The van der Waals surface area contributed by atoms with E-state index in [4.69, 9.17) is 4.74 Å². The first-order valence-corrected chi connectivity index (χ1v) is 6.50. The number of rotatable bonds is 7. The summed E-state index contributed by atoms with van der Waals surface area (Å²) in [6.45, 7) is 5.64. The molecule has 122 valence electrons. The van der Waals surface area contributed by atoms with Crippen molar-refractivity contribution in [2.24, 2.45) is 0 Å². The fourth-order valence-corrected chi connectivity index (χ4v) is 1.34. The Balaban J connectivity index is 4.25. The van der Waals surface area contributed by atoms with Crippen LogP contribution in [-0.4, -0.2) is 68.9 Å². The molecule has 0 atom stereocenters. The molecule has 0 aliphatic heterocycles. The van der Waals surface area contributed by atoms with Gasteiger partial charge in [0.2, 0.25) is 0 Å². The Kier molecular flexibility index (Phi) is 8.37. The second kappa shape index (κ2) is 9.17. The van der Waals surface area contributed by atoms with Crippen LogP contribution in [0.1, 0.15) is 20.8 Å². The van der Waals surface area contributed by atoms with Crippen molar-refractivity contribution in [1.82, 2.24) is 10.2 Å². The lowest BCUT2D eigenvalue weighted by Gasteiger charge is -2.22. The molecule has 0 spiro atoms. The van der Waals surface area contributed by atoms with Crippen LogP contribution in [0.5, 0.6) is 0 Å². The molecule has 0 unspecified atom stereocenters. The average Bonchev–Trinajstić information content (AvgIpc) is 2.35. The van der Waals surface area contributed by atoms with Crippen LogP contribution in [-0.2, 0) is 23.8 Å². The van der Waals surface area contributed by atoms with Gasteiger partial charge >= 0.3 is 18.0 Å². The molecule has 8 heteroatoms. The van der Waals surface area contributed by atoms with Crippen LogP contribution in [0.25, 0.3) is 0 Å². The highest BCUT2D eigenvalue weighted by molar-refractivity contribution is 5.74. The summed E-state index contributed by atoms with van der Waals surface area (Å²) in [7, 11) is 2.52. The molecule has 0 aliphatic rings. The second-order valence-electron chi connectivity index (χ2n) is 5.29. The third kappa shape index (κ3) is 10.6. The predicted octanol–water partition coefficient (Wildman–Crippen LogP) is 0.159. The number of carbonyl (C=O) groups excluding carboxylic acids is 3. The van der Waals surface area contributed by atoms with Gasteiger partial charge in [0.15, 0.2) is 0 Å². The molecule has 1 amide bonds. The molecule has 1 N–H and O–H groups in total. The van der Waals surface area contributed by atoms with Gasteiger partial charge in [-0.25, -0.2) is 4.79 Å². The lowest BCUT2D eigenvalue weighted by molar-refractivity contribution is -0.145. The minimum absolute atomic E-state index is 0.0679. The maximum atomic E-state index is 11.5. The molecular weight excluding hydrogens is 280 g/mol. The maximum absolute atomic E-state index is 11.5. The largest absolute Gasteiger partial charge is 0.468 e. The highest BCUT2D eigenvalue weighted by Crippen LogP contribution is 2.06. The van der Waals surface area contributed by atoms with Crippen molar-refractivity contribution in [3.8, 4) is 0 Å². The van der Waals surface area contributed by atoms with Crippen molar-refractivity contribution in [2.45, 2.75) is 26.4 Å². The second-order valence-corrected chi connectivity index (χ2v) is 5.29. The number of esters is 2. The van der Waals surface area contributed by atoms with Crippen molar-refractivity contribution in [2.75, 3.05) is 40.4 Å². The molecular formula is C13H24N2O6. The summed E-state index contributed by atoms with van der Waals surface area (Å²) in [6.07, 6.45) is -0.557. The zero-order valence-corrected chi connectivity index (χ0v) is 13.2. The van der Waals surface area contributed by atoms with E-state index >= 15 is 0 Å². The van der Waals surface area contributed by atoms with Gasteiger partial charge in [-0.15, -0.1) is 0 Å². The van der Waals surface area contributed by atoms with Crippen LogP contribution >= 0.6 is 0 Å². The summed E-state index contributed by atoms with van der Waals surface area (Å²) >= 11 is 0. The molecule has 0 bridgehead atoms. The molecule has 0 aromatic carbocycles. The van der Waals surface area contributed by atoms with Gasteiger partial charge in [0.25, 0.3) is 0 Å². The first-order valence-electron chi connectivity index (χ1n) is 6.50. The minimum Gasteiger partial charge on any atom is -0.468 e. The minimum atomic E-state index is -0.582. The lowest BCUT2D eigenvalue weighted by Crippen LogP contribution is -2.42. The fraction of sp³-hybridized carbons (Fsp3) is 0.769. The highest BCUT2D eigenvalue weighted by Gasteiger charge is 2.18. The van der Waals surface area contributed by atoms with Crippen LogP contribution in [0, 0.1) is 0 Å². The number of nitrogens with zero attached hydrogens (tertiary/aromatic N) is 1. The van der Waals surface area contributed by atoms with E-state index in [1.807, 2.05) is 0 Å². The zero-order chi connectivity index (χ0) is 16.5. The smallest absolute Gasteiger partial charge is 0.407 e. The third-order valence-electron chi connectivity index (χ3n) is 2.26. The topological polar surface area (TPSA) is 94.2 Å². The molecule has 0 saturated carbocycles. The summed E-state index contributed by atoms with van der Waals surface area (Å²) in [5.41, 5.74) is -0.582. The Morgan fingerprint density at radius 2 is 1.48 bits per heavy atom. The van der Waals surface area contributed by atoms with E-state index in [2.05, 4.69) is 14.8 Å². The fourth-order valence-electron chi connectivity index (χ4n) is 1.34. The highest BCUT2D eigenvalue weighted by atomic mass is 16.6. The van der Waals surface area contributed by atoms with Gasteiger partial charge in [0.05, 0.1) is 27.3 Å². The molecule has 0 rings (SSSR count). The quantitative estimate of drug-likeness (QED) is 0.529.